The highest BCUT2D eigenvalue weighted by atomic mass is 32.1. The Bertz CT molecular complexity index is 879. The third kappa shape index (κ3) is 4.10. The van der Waals surface area contributed by atoms with E-state index in [9.17, 15) is 9.18 Å². The van der Waals surface area contributed by atoms with Crippen LogP contribution in [0, 0.1) is 5.82 Å². The smallest absolute Gasteiger partial charge is 0.250 e. The topological polar surface area (TPSA) is 51.2 Å². The number of nitrogens with one attached hydrogen (secondary N) is 1. The summed E-state index contributed by atoms with van der Waals surface area (Å²) in [5.74, 6) is -0.527. The van der Waals surface area contributed by atoms with Gasteiger partial charge >= 0.3 is 0 Å². The van der Waals surface area contributed by atoms with Gasteiger partial charge in [-0.05, 0) is 25.1 Å². The largest absolute Gasteiger partial charge is 0.372 e. The molecule has 0 aliphatic carbocycles. The van der Waals surface area contributed by atoms with Crippen LogP contribution in [0.2, 0.25) is 0 Å². The van der Waals surface area contributed by atoms with Gasteiger partial charge in [0, 0.05) is 23.1 Å². The maximum Gasteiger partial charge on any atom is 0.250 e. The van der Waals surface area contributed by atoms with Crippen LogP contribution in [-0.4, -0.2) is 24.1 Å². The van der Waals surface area contributed by atoms with E-state index in [4.69, 9.17) is 4.74 Å². The molecule has 1 N–H and O–H groups in total. The Labute approximate surface area is 149 Å². The first kappa shape index (κ1) is 17.3. The number of rotatable bonds is 6. The van der Waals surface area contributed by atoms with Crippen molar-refractivity contribution in [3.05, 3.63) is 59.7 Å². The van der Waals surface area contributed by atoms with Gasteiger partial charge in [0.25, 0.3) is 0 Å². The number of benzene rings is 2. The Kier molecular flexibility index (Phi) is 5.53. The standard InChI is InChI=1S/C19H17FN2O2S/c1-2-24-11-18(23)21-16-10-6-4-8-14(16)17-12-25-19(22-17)13-7-3-5-9-15(13)20/h3-10,12H,2,11H2,1H3,(H,21,23). The van der Waals surface area contributed by atoms with Gasteiger partial charge in [0.05, 0.1) is 11.4 Å². The fraction of sp³-hybridized carbons (Fsp3) is 0.158. The molecule has 128 valence electrons. The van der Waals surface area contributed by atoms with Crippen LogP contribution in [0.4, 0.5) is 10.1 Å². The van der Waals surface area contributed by atoms with Crippen molar-refractivity contribution >= 4 is 22.9 Å². The van der Waals surface area contributed by atoms with E-state index in [-0.39, 0.29) is 18.3 Å². The Morgan fingerprint density at radius 2 is 1.88 bits per heavy atom. The van der Waals surface area contributed by atoms with Crippen LogP contribution in [0.5, 0.6) is 0 Å². The van der Waals surface area contributed by atoms with Gasteiger partial charge in [0.1, 0.15) is 17.4 Å². The predicted molar refractivity (Wildman–Crippen MR) is 98.1 cm³/mol. The van der Waals surface area contributed by atoms with E-state index >= 15 is 0 Å². The van der Waals surface area contributed by atoms with E-state index in [2.05, 4.69) is 10.3 Å². The molecule has 0 saturated carbocycles. The number of para-hydroxylation sites is 1. The zero-order chi connectivity index (χ0) is 17.6. The van der Waals surface area contributed by atoms with Crippen molar-refractivity contribution in [2.75, 3.05) is 18.5 Å². The summed E-state index contributed by atoms with van der Waals surface area (Å²) in [6.45, 7) is 2.32. The summed E-state index contributed by atoms with van der Waals surface area (Å²) >= 11 is 1.36. The molecule has 1 amide bonds. The van der Waals surface area contributed by atoms with E-state index in [0.29, 0.717) is 28.6 Å². The summed E-state index contributed by atoms with van der Waals surface area (Å²) < 4.78 is 19.1. The fourth-order valence-electron chi connectivity index (χ4n) is 2.35. The highest BCUT2D eigenvalue weighted by Gasteiger charge is 2.13. The van der Waals surface area contributed by atoms with Crippen molar-refractivity contribution in [3.63, 3.8) is 0 Å². The lowest BCUT2D eigenvalue weighted by molar-refractivity contribution is -0.120. The molecule has 1 heterocycles. The van der Waals surface area contributed by atoms with Crippen LogP contribution in [0.1, 0.15) is 6.92 Å². The molecule has 2 aromatic carbocycles. The lowest BCUT2D eigenvalue weighted by Gasteiger charge is -2.09. The van der Waals surface area contributed by atoms with Crippen molar-refractivity contribution in [2.45, 2.75) is 6.92 Å². The first-order valence-electron chi connectivity index (χ1n) is 7.86. The van der Waals surface area contributed by atoms with E-state index in [0.717, 1.165) is 5.56 Å². The lowest BCUT2D eigenvalue weighted by Crippen LogP contribution is -2.18. The average Bonchev–Trinajstić information content (AvgIpc) is 3.10. The van der Waals surface area contributed by atoms with Crippen molar-refractivity contribution in [1.29, 1.82) is 0 Å². The van der Waals surface area contributed by atoms with Crippen LogP contribution in [0.3, 0.4) is 0 Å². The van der Waals surface area contributed by atoms with Gasteiger partial charge < -0.3 is 10.1 Å². The fourth-order valence-corrected chi connectivity index (χ4v) is 3.20. The minimum absolute atomic E-state index is 0.00236. The number of nitrogens with zero attached hydrogens (tertiary/aromatic N) is 1. The van der Waals surface area contributed by atoms with Gasteiger partial charge in [0.2, 0.25) is 5.91 Å². The predicted octanol–water partition coefficient (Wildman–Crippen LogP) is 4.59. The molecule has 3 rings (SSSR count). The molecule has 6 heteroatoms. The minimum atomic E-state index is -0.304. The second kappa shape index (κ2) is 8.00. The maximum absolute atomic E-state index is 14.0. The zero-order valence-corrected chi connectivity index (χ0v) is 14.5. The first-order valence-corrected chi connectivity index (χ1v) is 8.74. The van der Waals surface area contributed by atoms with Gasteiger partial charge in [-0.2, -0.15) is 0 Å². The molecular weight excluding hydrogens is 339 g/mol. The number of carbonyl (C=O) groups is 1. The Morgan fingerprint density at radius 1 is 1.16 bits per heavy atom. The highest BCUT2D eigenvalue weighted by molar-refractivity contribution is 7.13. The minimum Gasteiger partial charge on any atom is -0.372 e. The summed E-state index contributed by atoms with van der Waals surface area (Å²) in [6, 6.07) is 13.9. The molecular formula is C19H17FN2O2S. The summed E-state index contributed by atoms with van der Waals surface area (Å²) in [7, 11) is 0. The zero-order valence-electron chi connectivity index (χ0n) is 13.7. The van der Waals surface area contributed by atoms with Crippen molar-refractivity contribution < 1.29 is 13.9 Å². The van der Waals surface area contributed by atoms with Gasteiger partial charge in [-0.3, -0.25) is 4.79 Å². The van der Waals surface area contributed by atoms with E-state index in [1.54, 1.807) is 24.3 Å². The number of hydrogen-bond acceptors (Lipinski definition) is 4. The van der Waals surface area contributed by atoms with Crippen LogP contribution in [-0.2, 0) is 9.53 Å². The molecule has 3 aromatic rings. The number of amides is 1. The van der Waals surface area contributed by atoms with Crippen LogP contribution in [0.25, 0.3) is 21.8 Å². The molecule has 0 saturated heterocycles. The Balaban J connectivity index is 1.88. The Morgan fingerprint density at radius 3 is 2.64 bits per heavy atom. The highest BCUT2D eigenvalue weighted by Crippen LogP contribution is 2.33. The van der Waals surface area contributed by atoms with Crippen molar-refractivity contribution in [3.8, 4) is 21.8 Å². The number of aromatic nitrogens is 1. The third-order valence-corrected chi connectivity index (χ3v) is 4.40. The summed E-state index contributed by atoms with van der Waals surface area (Å²) in [5.41, 5.74) is 2.59. The first-order chi connectivity index (χ1) is 12.2. The molecule has 0 aliphatic heterocycles. The normalized spacial score (nSPS) is 10.6. The van der Waals surface area contributed by atoms with Crippen LogP contribution in [0.15, 0.2) is 53.9 Å². The van der Waals surface area contributed by atoms with Crippen molar-refractivity contribution in [2.24, 2.45) is 0 Å². The number of carbonyl (C=O) groups excluding carboxylic acids is 1. The SMILES string of the molecule is CCOCC(=O)Nc1ccccc1-c1csc(-c2ccccc2F)n1. The number of ether oxygens (including phenoxy) is 1. The van der Waals surface area contributed by atoms with E-state index in [1.807, 2.05) is 30.5 Å². The second-order valence-corrected chi connectivity index (χ2v) is 6.11. The Hall–Kier alpha value is -2.57. The van der Waals surface area contributed by atoms with Gasteiger partial charge in [0.15, 0.2) is 0 Å². The molecule has 0 bridgehead atoms. The second-order valence-electron chi connectivity index (χ2n) is 5.25. The van der Waals surface area contributed by atoms with Crippen molar-refractivity contribution in [1.82, 2.24) is 4.98 Å². The lowest BCUT2D eigenvalue weighted by atomic mass is 10.1. The molecule has 4 nitrogen and oxygen atoms in total. The molecule has 25 heavy (non-hydrogen) atoms. The quantitative estimate of drug-likeness (QED) is 0.703. The molecule has 0 unspecified atom stereocenters. The maximum atomic E-state index is 14.0. The molecule has 0 atom stereocenters. The third-order valence-electron chi connectivity index (χ3n) is 3.52. The number of halogens is 1. The summed E-state index contributed by atoms with van der Waals surface area (Å²) in [5, 5.41) is 5.29. The number of anilines is 1. The molecule has 0 radical (unpaired) electrons. The monoisotopic (exact) mass is 356 g/mol. The molecule has 1 aromatic heterocycles. The molecule has 0 aliphatic rings. The molecule has 0 fully saturated rings. The molecule has 0 spiro atoms. The number of hydrogen-bond donors (Lipinski definition) is 1. The van der Waals surface area contributed by atoms with Gasteiger partial charge in [-0.25, -0.2) is 9.37 Å². The van der Waals surface area contributed by atoms with Gasteiger partial charge in [-0.15, -0.1) is 11.3 Å². The van der Waals surface area contributed by atoms with E-state index in [1.165, 1.54) is 17.4 Å². The summed E-state index contributed by atoms with van der Waals surface area (Å²) in [6.07, 6.45) is 0. The summed E-state index contributed by atoms with van der Waals surface area (Å²) in [4.78, 5) is 16.5. The van der Waals surface area contributed by atoms with E-state index < -0.39 is 0 Å². The number of thiazole rings is 1. The van der Waals surface area contributed by atoms with Crippen LogP contribution >= 0.6 is 11.3 Å². The van der Waals surface area contributed by atoms with Crippen LogP contribution < -0.4 is 5.32 Å². The van der Waals surface area contributed by atoms with Gasteiger partial charge in [-0.1, -0.05) is 30.3 Å². The average molecular weight is 356 g/mol.